The predicted molar refractivity (Wildman–Crippen MR) is 66.4 cm³/mol. The SMILES string of the molecule is Cc1ccc(C(Br)C=O)c2ccccc12. The van der Waals surface area contributed by atoms with Crippen LogP contribution in [-0.2, 0) is 4.79 Å². The molecule has 1 nitrogen and oxygen atoms in total. The molecule has 1 unspecified atom stereocenters. The molecule has 2 aromatic carbocycles. The van der Waals surface area contributed by atoms with Crippen LogP contribution in [0.1, 0.15) is 16.0 Å². The van der Waals surface area contributed by atoms with Crippen LogP contribution in [0, 0.1) is 6.92 Å². The Balaban J connectivity index is 2.77. The molecule has 2 heteroatoms. The van der Waals surface area contributed by atoms with Gasteiger partial charge in [-0.15, -0.1) is 0 Å². The van der Waals surface area contributed by atoms with Crippen LogP contribution in [0.5, 0.6) is 0 Å². The molecule has 0 aliphatic carbocycles. The minimum Gasteiger partial charge on any atom is -0.302 e. The van der Waals surface area contributed by atoms with Crippen molar-refractivity contribution in [1.29, 1.82) is 0 Å². The maximum absolute atomic E-state index is 10.8. The molecule has 0 fully saturated rings. The molecule has 0 aliphatic rings. The van der Waals surface area contributed by atoms with Gasteiger partial charge in [0.25, 0.3) is 0 Å². The van der Waals surface area contributed by atoms with Gasteiger partial charge in [-0.2, -0.15) is 0 Å². The number of benzene rings is 2. The van der Waals surface area contributed by atoms with Crippen LogP contribution in [-0.4, -0.2) is 6.29 Å². The molecule has 0 amide bonds. The van der Waals surface area contributed by atoms with Gasteiger partial charge in [0.05, 0.1) is 4.83 Å². The van der Waals surface area contributed by atoms with E-state index in [0.29, 0.717) is 0 Å². The number of alkyl halides is 1. The number of hydrogen-bond acceptors (Lipinski definition) is 1. The molecule has 0 aliphatic heterocycles. The molecule has 15 heavy (non-hydrogen) atoms. The molecule has 0 radical (unpaired) electrons. The highest BCUT2D eigenvalue weighted by atomic mass is 79.9. The van der Waals surface area contributed by atoms with Crippen molar-refractivity contribution in [3.8, 4) is 0 Å². The number of aldehydes is 1. The van der Waals surface area contributed by atoms with Crippen LogP contribution >= 0.6 is 15.9 Å². The molecule has 0 heterocycles. The lowest BCUT2D eigenvalue weighted by Gasteiger charge is -2.09. The summed E-state index contributed by atoms with van der Waals surface area (Å²) in [6.45, 7) is 2.08. The highest BCUT2D eigenvalue weighted by Gasteiger charge is 2.10. The molecule has 0 saturated heterocycles. The zero-order valence-electron chi connectivity index (χ0n) is 8.41. The fourth-order valence-corrected chi connectivity index (χ4v) is 2.19. The highest BCUT2D eigenvalue weighted by Crippen LogP contribution is 2.30. The van der Waals surface area contributed by atoms with E-state index in [1.54, 1.807) is 0 Å². The van der Waals surface area contributed by atoms with Gasteiger partial charge in [0.2, 0.25) is 0 Å². The van der Waals surface area contributed by atoms with Gasteiger partial charge in [-0.25, -0.2) is 0 Å². The number of halogens is 1. The zero-order chi connectivity index (χ0) is 10.8. The van der Waals surface area contributed by atoms with Crippen LogP contribution in [0.15, 0.2) is 36.4 Å². The lowest BCUT2D eigenvalue weighted by Crippen LogP contribution is -1.93. The number of carbonyl (C=O) groups excluding carboxylic acids is 1. The maximum Gasteiger partial charge on any atom is 0.138 e. The fourth-order valence-electron chi connectivity index (χ4n) is 1.79. The van der Waals surface area contributed by atoms with Crippen LogP contribution < -0.4 is 0 Å². The summed E-state index contributed by atoms with van der Waals surface area (Å²) in [5.74, 6) is 0. The maximum atomic E-state index is 10.8. The van der Waals surface area contributed by atoms with Crippen molar-refractivity contribution in [2.45, 2.75) is 11.8 Å². The first-order valence-corrected chi connectivity index (χ1v) is 5.73. The van der Waals surface area contributed by atoms with Crippen LogP contribution in [0.3, 0.4) is 0 Å². The van der Waals surface area contributed by atoms with Gasteiger partial charge < -0.3 is 4.79 Å². The second-order valence-electron chi connectivity index (χ2n) is 3.56. The van der Waals surface area contributed by atoms with E-state index in [9.17, 15) is 4.79 Å². The third-order valence-corrected chi connectivity index (χ3v) is 3.30. The Labute approximate surface area is 97.2 Å². The topological polar surface area (TPSA) is 17.1 Å². The monoisotopic (exact) mass is 262 g/mol. The summed E-state index contributed by atoms with van der Waals surface area (Å²) in [5, 5.41) is 2.35. The van der Waals surface area contributed by atoms with Crippen molar-refractivity contribution in [2.75, 3.05) is 0 Å². The molecule has 2 aromatic rings. The minimum atomic E-state index is -0.219. The van der Waals surface area contributed by atoms with Crippen molar-refractivity contribution in [3.05, 3.63) is 47.5 Å². The van der Waals surface area contributed by atoms with Gasteiger partial charge in [-0.3, -0.25) is 0 Å². The summed E-state index contributed by atoms with van der Waals surface area (Å²) in [7, 11) is 0. The average molecular weight is 263 g/mol. The van der Waals surface area contributed by atoms with Crippen LogP contribution in [0.25, 0.3) is 10.8 Å². The Kier molecular flexibility index (Phi) is 2.87. The highest BCUT2D eigenvalue weighted by molar-refractivity contribution is 9.09. The van der Waals surface area contributed by atoms with E-state index in [-0.39, 0.29) is 4.83 Å². The number of rotatable bonds is 2. The van der Waals surface area contributed by atoms with E-state index in [4.69, 9.17) is 0 Å². The predicted octanol–water partition coefficient (Wildman–Crippen LogP) is 3.78. The first-order chi connectivity index (χ1) is 7.24. The van der Waals surface area contributed by atoms with Crippen molar-refractivity contribution in [3.63, 3.8) is 0 Å². The number of aryl methyl sites for hydroxylation is 1. The van der Waals surface area contributed by atoms with Gasteiger partial charge in [0.15, 0.2) is 0 Å². The zero-order valence-corrected chi connectivity index (χ0v) is 9.99. The second kappa shape index (κ2) is 4.15. The Morgan fingerprint density at radius 3 is 2.47 bits per heavy atom. The molecule has 0 aromatic heterocycles. The molecule has 0 N–H and O–H groups in total. The Morgan fingerprint density at radius 2 is 1.80 bits per heavy atom. The first kappa shape index (κ1) is 10.4. The van der Waals surface area contributed by atoms with Crippen LogP contribution in [0.2, 0.25) is 0 Å². The average Bonchev–Trinajstić information content (AvgIpc) is 2.29. The van der Waals surface area contributed by atoms with Gasteiger partial charge in [-0.05, 0) is 28.8 Å². The molecular formula is C13H11BrO. The summed E-state index contributed by atoms with van der Waals surface area (Å²) in [6.07, 6.45) is 0.914. The van der Waals surface area contributed by atoms with Crippen LogP contribution in [0.4, 0.5) is 0 Å². The first-order valence-electron chi connectivity index (χ1n) is 4.81. The number of carbonyl (C=O) groups is 1. The molecular weight excluding hydrogens is 252 g/mol. The third-order valence-electron chi connectivity index (χ3n) is 2.59. The summed E-state index contributed by atoms with van der Waals surface area (Å²) in [4.78, 5) is 10.6. The third kappa shape index (κ3) is 1.82. The van der Waals surface area contributed by atoms with Crippen molar-refractivity contribution >= 4 is 33.0 Å². The molecule has 0 saturated carbocycles. The van der Waals surface area contributed by atoms with E-state index in [2.05, 4.69) is 41.1 Å². The molecule has 0 spiro atoms. The minimum absolute atomic E-state index is 0.219. The summed E-state index contributed by atoms with van der Waals surface area (Å²) in [6, 6.07) is 12.2. The van der Waals surface area contributed by atoms with Crippen molar-refractivity contribution < 1.29 is 4.79 Å². The smallest absolute Gasteiger partial charge is 0.138 e. The Hall–Kier alpha value is -1.15. The molecule has 76 valence electrons. The Bertz CT molecular complexity index is 505. The van der Waals surface area contributed by atoms with Gasteiger partial charge in [-0.1, -0.05) is 52.3 Å². The standard InChI is InChI=1S/C13H11BrO/c1-9-6-7-12(13(14)8-15)11-5-3-2-4-10(9)11/h2-8,13H,1H3. The molecule has 0 bridgehead atoms. The largest absolute Gasteiger partial charge is 0.302 e. The summed E-state index contributed by atoms with van der Waals surface area (Å²) >= 11 is 3.36. The second-order valence-corrected chi connectivity index (χ2v) is 4.54. The summed E-state index contributed by atoms with van der Waals surface area (Å²) in [5.41, 5.74) is 2.27. The van der Waals surface area contributed by atoms with E-state index in [1.807, 2.05) is 18.2 Å². The lowest BCUT2D eigenvalue weighted by atomic mass is 9.99. The molecule has 2 rings (SSSR count). The van der Waals surface area contributed by atoms with Gasteiger partial charge >= 0.3 is 0 Å². The normalized spacial score (nSPS) is 12.7. The molecule has 1 atom stereocenters. The summed E-state index contributed by atoms with van der Waals surface area (Å²) < 4.78 is 0. The van der Waals surface area contributed by atoms with Gasteiger partial charge in [0.1, 0.15) is 6.29 Å². The van der Waals surface area contributed by atoms with E-state index < -0.39 is 0 Å². The number of fused-ring (bicyclic) bond motifs is 1. The van der Waals surface area contributed by atoms with E-state index in [1.165, 1.54) is 10.9 Å². The van der Waals surface area contributed by atoms with Crippen molar-refractivity contribution in [2.24, 2.45) is 0 Å². The van der Waals surface area contributed by atoms with E-state index >= 15 is 0 Å². The number of hydrogen-bond donors (Lipinski definition) is 0. The lowest BCUT2D eigenvalue weighted by molar-refractivity contribution is -0.107. The van der Waals surface area contributed by atoms with E-state index in [0.717, 1.165) is 17.2 Å². The quantitative estimate of drug-likeness (QED) is 0.595. The van der Waals surface area contributed by atoms with Crippen molar-refractivity contribution in [1.82, 2.24) is 0 Å². The van der Waals surface area contributed by atoms with Gasteiger partial charge in [0, 0.05) is 0 Å². The fraction of sp³-hybridized carbons (Fsp3) is 0.154. The Morgan fingerprint density at radius 1 is 1.13 bits per heavy atom.